The van der Waals surface area contributed by atoms with Gasteiger partial charge in [-0.1, -0.05) is 0 Å². The number of nitrogens with zero attached hydrogens (tertiary/aromatic N) is 1. The molecule has 0 spiro atoms. The first kappa shape index (κ1) is 14.3. The lowest BCUT2D eigenvalue weighted by Gasteiger charge is -2.21. The lowest BCUT2D eigenvalue weighted by atomic mass is 10.1. The Hall–Kier alpha value is -2.11. The zero-order valence-corrected chi connectivity index (χ0v) is 11.9. The number of carboxylic acid groups (broad SMARTS) is 1. The fraction of sp³-hybridized carbons (Fsp3) is 0.500. The second-order valence-electron chi connectivity index (χ2n) is 4.52. The molecule has 0 amide bonds. The minimum absolute atomic E-state index is 0.107. The van der Waals surface area contributed by atoms with Crippen molar-refractivity contribution in [3.05, 3.63) is 11.6 Å². The molecular weight excluding hydrogens is 262 g/mol. The smallest absolute Gasteiger partial charge is 0.305 e. The monoisotopic (exact) mass is 281 g/mol. The number of carboxylic acids is 1. The lowest BCUT2D eigenvalue weighted by Crippen LogP contribution is -2.23. The summed E-state index contributed by atoms with van der Waals surface area (Å²) < 4.78 is 16.1. The van der Waals surface area contributed by atoms with Crippen molar-refractivity contribution in [2.75, 3.05) is 39.3 Å². The molecule has 0 saturated heterocycles. The van der Waals surface area contributed by atoms with E-state index in [1.165, 1.54) is 0 Å². The van der Waals surface area contributed by atoms with Crippen LogP contribution in [0.25, 0.3) is 0 Å². The van der Waals surface area contributed by atoms with Gasteiger partial charge in [-0.25, -0.2) is 0 Å². The minimum Gasteiger partial charge on any atom is -0.493 e. The van der Waals surface area contributed by atoms with Gasteiger partial charge in [0.25, 0.3) is 0 Å². The Morgan fingerprint density at radius 1 is 1.25 bits per heavy atom. The van der Waals surface area contributed by atoms with Crippen LogP contribution < -0.4 is 19.1 Å². The fourth-order valence-corrected chi connectivity index (χ4v) is 2.56. The number of methoxy groups -OCH3 is 3. The van der Waals surface area contributed by atoms with Gasteiger partial charge in [-0.05, 0) is 6.42 Å². The Balaban J connectivity index is 2.40. The van der Waals surface area contributed by atoms with Crippen LogP contribution in [0.1, 0.15) is 12.0 Å². The Kier molecular flexibility index (Phi) is 4.22. The Bertz CT molecular complexity index is 515. The van der Waals surface area contributed by atoms with E-state index >= 15 is 0 Å². The molecule has 6 nitrogen and oxygen atoms in total. The first-order valence-electron chi connectivity index (χ1n) is 6.41. The minimum atomic E-state index is -0.800. The normalized spacial score (nSPS) is 13.1. The average Bonchev–Trinajstić information content (AvgIpc) is 2.85. The molecular formula is C14H19NO5. The number of fused-ring (bicyclic) bond motifs is 1. The van der Waals surface area contributed by atoms with E-state index in [4.69, 9.17) is 19.3 Å². The standard InChI is InChI=1S/C14H19NO5/c1-18-11-8-10-9(13(19-2)14(11)20-3)4-6-15(10)7-5-12(16)17/h8H,4-7H2,1-3H3,(H,16,17). The van der Waals surface area contributed by atoms with E-state index < -0.39 is 5.97 Å². The molecule has 1 aromatic rings. The highest BCUT2D eigenvalue weighted by molar-refractivity contribution is 5.73. The molecule has 20 heavy (non-hydrogen) atoms. The third-order valence-electron chi connectivity index (χ3n) is 3.48. The number of ether oxygens (including phenoxy) is 3. The summed E-state index contributed by atoms with van der Waals surface area (Å²) >= 11 is 0. The summed E-state index contributed by atoms with van der Waals surface area (Å²) in [6.45, 7) is 1.25. The van der Waals surface area contributed by atoms with Crippen LogP contribution in [-0.2, 0) is 11.2 Å². The molecule has 0 radical (unpaired) electrons. The van der Waals surface area contributed by atoms with Crippen molar-refractivity contribution in [1.29, 1.82) is 0 Å². The Morgan fingerprint density at radius 3 is 2.50 bits per heavy atom. The van der Waals surface area contributed by atoms with Crippen LogP contribution in [0.3, 0.4) is 0 Å². The van der Waals surface area contributed by atoms with Crippen molar-refractivity contribution in [3.63, 3.8) is 0 Å². The molecule has 0 unspecified atom stereocenters. The number of hydrogen-bond donors (Lipinski definition) is 1. The number of benzene rings is 1. The van der Waals surface area contributed by atoms with Gasteiger partial charge in [0.1, 0.15) is 0 Å². The molecule has 1 aliphatic rings. The van der Waals surface area contributed by atoms with Gasteiger partial charge in [0.05, 0.1) is 27.8 Å². The van der Waals surface area contributed by atoms with E-state index in [1.807, 2.05) is 11.0 Å². The topological polar surface area (TPSA) is 68.2 Å². The SMILES string of the molecule is COc1cc2c(c(OC)c1OC)CCN2CCC(=O)O. The molecule has 0 bridgehead atoms. The molecule has 1 N–H and O–H groups in total. The Morgan fingerprint density at radius 2 is 1.95 bits per heavy atom. The lowest BCUT2D eigenvalue weighted by molar-refractivity contribution is -0.136. The molecule has 1 aliphatic heterocycles. The van der Waals surface area contributed by atoms with Crippen molar-refractivity contribution in [2.45, 2.75) is 12.8 Å². The first-order chi connectivity index (χ1) is 9.62. The van der Waals surface area contributed by atoms with E-state index in [1.54, 1.807) is 21.3 Å². The molecule has 0 aliphatic carbocycles. The highest BCUT2D eigenvalue weighted by atomic mass is 16.5. The molecule has 0 atom stereocenters. The van der Waals surface area contributed by atoms with Gasteiger partial charge in [0.2, 0.25) is 5.75 Å². The highest BCUT2D eigenvalue weighted by Crippen LogP contribution is 2.47. The number of aliphatic carboxylic acids is 1. The van der Waals surface area contributed by atoms with Crippen LogP contribution >= 0.6 is 0 Å². The summed E-state index contributed by atoms with van der Waals surface area (Å²) in [5.74, 6) is 1.03. The second kappa shape index (κ2) is 5.90. The van der Waals surface area contributed by atoms with E-state index in [-0.39, 0.29) is 6.42 Å². The maximum atomic E-state index is 10.7. The highest BCUT2D eigenvalue weighted by Gasteiger charge is 2.28. The molecule has 0 saturated carbocycles. The van der Waals surface area contributed by atoms with Gasteiger partial charge in [0, 0.05) is 30.4 Å². The zero-order valence-electron chi connectivity index (χ0n) is 11.9. The third kappa shape index (κ3) is 2.45. The number of rotatable bonds is 6. The first-order valence-corrected chi connectivity index (χ1v) is 6.41. The number of hydrogen-bond acceptors (Lipinski definition) is 5. The van der Waals surface area contributed by atoms with Crippen LogP contribution in [0.4, 0.5) is 5.69 Å². The van der Waals surface area contributed by atoms with Crippen LogP contribution in [-0.4, -0.2) is 45.5 Å². The summed E-state index contributed by atoms with van der Waals surface area (Å²) in [6.07, 6.45) is 0.911. The predicted molar refractivity (Wildman–Crippen MR) is 74.3 cm³/mol. The summed E-state index contributed by atoms with van der Waals surface area (Å²) in [6, 6.07) is 1.88. The van der Waals surface area contributed by atoms with E-state index in [0.29, 0.717) is 23.8 Å². The molecule has 1 heterocycles. The van der Waals surface area contributed by atoms with Crippen LogP contribution in [0.2, 0.25) is 0 Å². The second-order valence-corrected chi connectivity index (χ2v) is 4.52. The molecule has 110 valence electrons. The van der Waals surface area contributed by atoms with Gasteiger partial charge < -0.3 is 24.2 Å². The van der Waals surface area contributed by atoms with Crippen LogP contribution in [0.5, 0.6) is 17.2 Å². The van der Waals surface area contributed by atoms with Crippen molar-refractivity contribution in [2.24, 2.45) is 0 Å². The van der Waals surface area contributed by atoms with Gasteiger partial charge in [-0.15, -0.1) is 0 Å². The van der Waals surface area contributed by atoms with Gasteiger partial charge >= 0.3 is 5.97 Å². The zero-order chi connectivity index (χ0) is 14.7. The van der Waals surface area contributed by atoms with E-state index in [9.17, 15) is 4.79 Å². The average molecular weight is 281 g/mol. The van der Waals surface area contributed by atoms with E-state index in [0.717, 1.165) is 24.2 Å². The summed E-state index contributed by atoms with van der Waals surface area (Å²) in [7, 11) is 4.74. The fourth-order valence-electron chi connectivity index (χ4n) is 2.56. The quantitative estimate of drug-likeness (QED) is 0.853. The molecule has 1 aromatic carbocycles. The molecule has 2 rings (SSSR count). The molecule has 0 aromatic heterocycles. The molecule has 6 heteroatoms. The van der Waals surface area contributed by atoms with Crippen LogP contribution in [0.15, 0.2) is 6.07 Å². The largest absolute Gasteiger partial charge is 0.493 e. The number of carbonyl (C=O) groups is 1. The van der Waals surface area contributed by atoms with Crippen LogP contribution in [0, 0.1) is 0 Å². The molecule has 0 fully saturated rings. The maximum absolute atomic E-state index is 10.7. The Labute approximate surface area is 117 Å². The van der Waals surface area contributed by atoms with Gasteiger partial charge in [0.15, 0.2) is 11.5 Å². The summed E-state index contributed by atoms with van der Waals surface area (Å²) in [5.41, 5.74) is 2.00. The number of anilines is 1. The van der Waals surface area contributed by atoms with Gasteiger partial charge in [-0.3, -0.25) is 4.79 Å². The maximum Gasteiger partial charge on any atom is 0.305 e. The van der Waals surface area contributed by atoms with E-state index in [2.05, 4.69) is 0 Å². The van der Waals surface area contributed by atoms with Crippen molar-refractivity contribution < 1.29 is 24.1 Å². The summed E-state index contributed by atoms with van der Waals surface area (Å²) in [5, 5.41) is 8.81. The van der Waals surface area contributed by atoms with Crippen molar-refractivity contribution in [3.8, 4) is 17.2 Å². The third-order valence-corrected chi connectivity index (χ3v) is 3.48. The predicted octanol–water partition coefficient (Wildman–Crippen LogP) is 1.55. The van der Waals surface area contributed by atoms with Crippen molar-refractivity contribution in [1.82, 2.24) is 0 Å². The van der Waals surface area contributed by atoms with Crippen molar-refractivity contribution >= 4 is 11.7 Å². The van der Waals surface area contributed by atoms with Gasteiger partial charge in [-0.2, -0.15) is 0 Å². The summed E-state index contributed by atoms with van der Waals surface area (Å²) in [4.78, 5) is 12.8.